The van der Waals surface area contributed by atoms with Gasteiger partial charge in [-0.1, -0.05) is 11.6 Å². The molecule has 0 atom stereocenters. The van der Waals surface area contributed by atoms with Crippen molar-refractivity contribution in [2.45, 2.75) is 26.5 Å². The number of aromatic nitrogens is 3. The van der Waals surface area contributed by atoms with Crippen LogP contribution in [0.5, 0.6) is 11.5 Å². The van der Waals surface area contributed by atoms with Gasteiger partial charge in [0.25, 0.3) is 0 Å². The third-order valence-corrected chi connectivity index (χ3v) is 2.91. The highest BCUT2D eigenvalue weighted by Crippen LogP contribution is 2.34. The number of ether oxygens (including phenoxy) is 2. The zero-order valence-electron chi connectivity index (χ0n) is 11.6. The second kappa shape index (κ2) is 6.47. The summed E-state index contributed by atoms with van der Waals surface area (Å²) >= 11 is 6.26. The van der Waals surface area contributed by atoms with Crippen LogP contribution >= 0.6 is 11.6 Å². The van der Waals surface area contributed by atoms with Crippen LogP contribution in [0, 0.1) is 0 Å². The number of halogens is 1. The van der Waals surface area contributed by atoms with Gasteiger partial charge in [-0.15, -0.1) is 0 Å². The molecule has 0 unspecified atom stereocenters. The Morgan fingerprint density at radius 3 is 2.75 bits per heavy atom. The highest BCUT2D eigenvalue weighted by Gasteiger charge is 2.12. The van der Waals surface area contributed by atoms with Crippen molar-refractivity contribution < 1.29 is 9.47 Å². The molecule has 0 aliphatic carbocycles. The minimum Gasteiger partial charge on any atom is -0.493 e. The third-order valence-electron chi connectivity index (χ3n) is 2.56. The van der Waals surface area contributed by atoms with Gasteiger partial charge in [0.2, 0.25) is 5.95 Å². The molecule has 0 amide bonds. The first-order chi connectivity index (χ1) is 9.60. The molecule has 0 saturated carbocycles. The first kappa shape index (κ1) is 14.5. The van der Waals surface area contributed by atoms with Gasteiger partial charge in [0, 0.05) is 17.6 Å². The van der Waals surface area contributed by atoms with Gasteiger partial charge in [-0.05, 0) is 25.5 Å². The van der Waals surface area contributed by atoms with Crippen LogP contribution in [0.2, 0.25) is 5.02 Å². The molecule has 108 valence electrons. The number of rotatable bonds is 6. The number of benzene rings is 1. The number of aromatic amines is 1. The van der Waals surface area contributed by atoms with E-state index in [1.165, 1.54) is 6.33 Å². The molecule has 0 spiro atoms. The molecule has 1 aromatic carbocycles. The van der Waals surface area contributed by atoms with Crippen LogP contribution in [0.25, 0.3) is 0 Å². The van der Waals surface area contributed by atoms with E-state index < -0.39 is 0 Å². The Morgan fingerprint density at radius 1 is 1.35 bits per heavy atom. The Balaban J connectivity index is 2.16. The fourth-order valence-electron chi connectivity index (χ4n) is 1.69. The lowest BCUT2D eigenvalue weighted by Gasteiger charge is -2.16. The molecule has 2 rings (SSSR count). The number of anilines is 1. The van der Waals surface area contributed by atoms with E-state index in [0.717, 1.165) is 5.56 Å². The molecule has 1 heterocycles. The highest BCUT2D eigenvalue weighted by atomic mass is 35.5. The first-order valence-corrected chi connectivity index (χ1v) is 6.60. The van der Waals surface area contributed by atoms with Crippen molar-refractivity contribution in [3.63, 3.8) is 0 Å². The number of hydrogen-bond donors (Lipinski definition) is 2. The van der Waals surface area contributed by atoms with E-state index in [1.807, 2.05) is 19.9 Å². The third kappa shape index (κ3) is 3.54. The lowest BCUT2D eigenvalue weighted by atomic mass is 10.2. The Bertz CT molecular complexity index is 558. The zero-order chi connectivity index (χ0) is 14.5. The normalized spacial score (nSPS) is 10.7. The van der Waals surface area contributed by atoms with Crippen molar-refractivity contribution in [3.05, 3.63) is 29.0 Å². The minimum absolute atomic E-state index is 0.0538. The summed E-state index contributed by atoms with van der Waals surface area (Å²) < 4.78 is 11.0. The molecular formula is C13H17ClN4O2. The quantitative estimate of drug-likeness (QED) is 0.857. The lowest BCUT2D eigenvalue weighted by Crippen LogP contribution is -2.08. The maximum Gasteiger partial charge on any atom is 0.218 e. The van der Waals surface area contributed by atoms with Gasteiger partial charge in [0.15, 0.2) is 11.5 Å². The average Bonchev–Trinajstić information content (AvgIpc) is 2.90. The summed E-state index contributed by atoms with van der Waals surface area (Å²) in [5.41, 5.74) is 0.885. The average molecular weight is 297 g/mol. The molecule has 6 nitrogen and oxygen atoms in total. The fourth-order valence-corrected chi connectivity index (χ4v) is 1.91. The van der Waals surface area contributed by atoms with Gasteiger partial charge in [-0.3, -0.25) is 0 Å². The van der Waals surface area contributed by atoms with Crippen molar-refractivity contribution in [2.75, 3.05) is 12.4 Å². The maximum absolute atomic E-state index is 6.26. The second-order valence-electron chi connectivity index (χ2n) is 4.45. The molecule has 1 aromatic heterocycles. The molecule has 2 aromatic rings. The molecule has 20 heavy (non-hydrogen) atoms. The molecule has 2 N–H and O–H groups in total. The topological polar surface area (TPSA) is 72.1 Å². The van der Waals surface area contributed by atoms with Crippen molar-refractivity contribution in [2.24, 2.45) is 0 Å². The molecule has 0 fully saturated rings. The molecule has 0 aliphatic heterocycles. The standard InChI is InChI=1S/C13H17ClN4O2/c1-8(2)20-12-5-10(14)9(4-11(12)19-3)6-15-13-16-7-17-18-13/h4-5,7-8H,6H2,1-3H3,(H2,15,16,17,18). The number of methoxy groups -OCH3 is 1. The molecule has 0 bridgehead atoms. The lowest BCUT2D eigenvalue weighted by molar-refractivity contribution is 0.230. The number of H-pyrrole nitrogens is 1. The summed E-state index contributed by atoms with van der Waals surface area (Å²) in [6.45, 7) is 4.41. The largest absolute Gasteiger partial charge is 0.493 e. The summed E-state index contributed by atoms with van der Waals surface area (Å²) in [6.07, 6.45) is 1.49. The van der Waals surface area contributed by atoms with Gasteiger partial charge >= 0.3 is 0 Å². The van der Waals surface area contributed by atoms with E-state index in [-0.39, 0.29) is 6.10 Å². The highest BCUT2D eigenvalue weighted by molar-refractivity contribution is 6.31. The van der Waals surface area contributed by atoms with Crippen molar-refractivity contribution in [3.8, 4) is 11.5 Å². The van der Waals surface area contributed by atoms with E-state index in [4.69, 9.17) is 21.1 Å². The molecule has 7 heteroatoms. The summed E-state index contributed by atoms with van der Waals surface area (Å²) in [7, 11) is 1.60. The van der Waals surface area contributed by atoms with Crippen LogP contribution < -0.4 is 14.8 Å². The summed E-state index contributed by atoms with van der Waals surface area (Å²) in [4.78, 5) is 3.98. The van der Waals surface area contributed by atoms with E-state index in [9.17, 15) is 0 Å². The van der Waals surface area contributed by atoms with Crippen LogP contribution in [-0.2, 0) is 6.54 Å². The predicted octanol–water partition coefficient (Wildman–Crippen LogP) is 2.87. The predicted molar refractivity (Wildman–Crippen MR) is 77.5 cm³/mol. The Labute approximate surface area is 122 Å². The van der Waals surface area contributed by atoms with E-state index >= 15 is 0 Å². The molecular weight excluding hydrogens is 280 g/mol. The van der Waals surface area contributed by atoms with Gasteiger partial charge in [0.1, 0.15) is 6.33 Å². The fraction of sp³-hybridized carbons (Fsp3) is 0.385. The summed E-state index contributed by atoms with van der Waals surface area (Å²) in [5, 5.41) is 10.2. The van der Waals surface area contributed by atoms with Crippen LogP contribution in [0.15, 0.2) is 18.5 Å². The second-order valence-corrected chi connectivity index (χ2v) is 4.86. The van der Waals surface area contributed by atoms with Crippen molar-refractivity contribution in [1.29, 1.82) is 0 Å². The zero-order valence-corrected chi connectivity index (χ0v) is 12.4. The SMILES string of the molecule is COc1cc(CNc2ncn[nH]2)c(Cl)cc1OC(C)C. The minimum atomic E-state index is 0.0538. The number of hydrogen-bond acceptors (Lipinski definition) is 5. The van der Waals surface area contributed by atoms with Gasteiger partial charge in [0.05, 0.1) is 13.2 Å². The Kier molecular flexibility index (Phi) is 4.68. The maximum atomic E-state index is 6.26. The van der Waals surface area contributed by atoms with Gasteiger partial charge in [-0.2, -0.15) is 5.10 Å². The summed E-state index contributed by atoms with van der Waals surface area (Å²) in [5.74, 6) is 1.87. The number of nitrogens with zero attached hydrogens (tertiary/aromatic N) is 2. The van der Waals surface area contributed by atoms with Crippen molar-refractivity contribution >= 4 is 17.5 Å². The van der Waals surface area contributed by atoms with Crippen LogP contribution in [-0.4, -0.2) is 28.4 Å². The smallest absolute Gasteiger partial charge is 0.218 e. The Hall–Kier alpha value is -1.95. The molecule has 0 saturated heterocycles. The van der Waals surface area contributed by atoms with Gasteiger partial charge in [-0.25, -0.2) is 10.1 Å². The van der Waals surface area contributed by atoms with Crippen LogP contribution in [0.1, 0.15) is 19.4 Å². The monoisotopic (exact) mass is 296 g/mol. The van der Waals surface area contributed by atoms with Crippen molar-refractivity contribution in [1.82, 2.24) is 15.2 Å². The Morgan fingerprint density at radius 2 is 2.15 bits per heavy atom. The molecule has 0 radical (unpaired) electrons. The first-order valence-electron chi connectivity index (χ1n) is 6.22. The van der Waals surface area contributed by atoms with Crippen LogP contribution in [0.3, 0.4) is 0 Å². The van der Waals surface area contributed by atoms with E-state index in [0.29, 0.717) is 29.0 Å². The molecule has 0 aliphatic rings. The number of nitrogens with one attached hydrogen (secondary N) is 2. The van der Waals surface area contributed by atoms with Crippen LogP contribution in [0.4, 0.5) is 5.95 Å². The van der Waals surface area contributed by atoms with E-state index in [1.54, 1.807) is 13.2 Å². The summed E-state index contributed by atoms with van der Waals surface area (Å²) in [6, 6.07) is 3.61. The van der Waals surface area contributed by atoms with E-state index in [2.05, 4.69) is 20.5 Å². The van der Waals surface area contributed by atoms with Gasteiger partial charge < -0.3 is 14.8 Å².